The summed E-state index contributed by atoms with van der Waals surface area (Å²) in [6.45, 7) is -0.0265. The third-order valence-electron chi connectivity index (χ3n) is 4.13. The van der Waals surface area contributed by atoms with Gasteiger partial charge < -0.3 is 14.5 Å². The molecular weight excluding hydrogens is 287 g/mol. The summed E-state index contributed by atoms with van der Waals surface area (Å²) in [6, 6.07) is 1.44. The third kappa shape index (κ3) is 2.66. The van der Waals surface area contributed by atoms with E-state index in [2.05, 4.69) is 5.32 Å². The second kappa shape index (κ2) is 5.05. The number of carbonyl (C=O) groups is 1. The molecule has 2 fully saturated rings. The van der Waals surface area contributed by atoms with Gasteiger partial charge in [0.2, 0.25) is 0 Å². The van der Waals surface area contributed by atoms with Crippen LogP contribution in [-0.4, -0.2) is 30.8 Å². The molecule has 0 spiro atoms. The first kappa shape index (κ1) is 14.4. The standard InChI is InChI=1S/C14H16F3NO3/c15-14(16,17)13(4-7-20-8-5-13)18-12(19)10-3-6-21-11(10)9-1-2-9/h3,6,9H,1-2,4-5,7-8H2,(H,18,19). The molecular formula is C14H16F3NO3. The van der Waals surface area contributed by atoms with Gasteiger partial charge in [-0.1, -0.05) is 0 Å². The maximum Gasteiger partial charge on any atom is 0.411 e. The van der Waals surface area contributed by atoms with E-state index in [4.69, 9.17) is 9.15 Å². The number of ether oxygens (including phenoxy) is 1. The second-order valence-electron chi connectivity index (χ2n) is 5.62. The molecule has 0 radical (unpaired) electrons. The Kier molecular flexibility index (Phi) is 3.47. The van der Waals surface area contributed by atoms with Gasteiger partial charge in [-0.15, -0.1) is 0 Å². The lowest BCUT2D eigenvalue weighted by atomic mass is 9.88. The zero-order valence-electron chi connectivity index (χ0n) is 11.3. The highest BCUT2D eigenvalue weighted by atomic mass is 19.4. The van der Waals surface area contributed by atoms with Crippen LogP contribution in [0.5, 0.6) is 0 Å². The monoisotopic (exact) mass is 303 g/mol. The van der Waals surface area contributed by atoms with E-state index in [9.17, 15) is 18.0 Å². The van der Waals surface area contributed by atoms with Crippen molar-refractivity contribution < 1.29 is 27.1 Å². The van der Waals surface area contributed by atoms with Crippen LogP contribution in [0.1, 0.15) is 47.7 Å². The van der Waals surface area contributed by atoms with Gasteiger partial charge in [0.05, 0.1) is 11.8 Å². The molecule has 0 bridgehead atoms. The van der Waals surface area contributed by atoms with Crippen LogP contribution in [0.3, 0.4) is 0 Å². The number of rotatable bonds is 3. The first-order valence-corrected chi connectivity index (χ1v) is 6.97. The van der Waals surface area contributed by atoms with Gasteiger partial charge in [-0.3, -0.25) is 4.79 Å². The van der Waals surface area contributed by atoms with Gasteiger partial charge in [0.25, 0.3) is 5.91 Å². The minimum atomic E-state index is -4.50. The van der Waals surface area contributed by atoms with Crippen LogP contribution < -0.4 is 5.32 Å². The van der Waals surface area contributed by atoms with Gasteiger partial charge in [-0.25, -0.2) is 0 Å². The average molecular weight is 303 g/mol. The fourth-order valence-electron chi connectivity index (χ4n) is 2.65. The Morgan fingerprint density at radius 3 is 2.52 bits per heavy atom. The number of halogens is 3. The van der Waals surface area contributed by atoms with Crippen molar-refractivity contribution in [2.45, 2.75) is 43.3 Å². The van der Waals surface area contributed by atoms with Gasteiger partial charge in [-0.05, 0) is 18.9 Å². The third-order valence-corrected chi connectivity index (χ3v) is 4.13. The highest BCUT2D eigenvalue weighted by Crippen LogP contribution is 2.43. The number of amides is 1. The molecule has 21 heavy (non-hydrogen) atoms. The molecule has 1 aromatic rings. The number of alkyl halides is 3. The van der Waals surface area contributed by atoms with E-state index in [1.807, 2.05) is 0 Å². The smallest absolute Gasteiger partial charge is 0.411 e. The van der Waals surface area contributed by atoms with Crippen molar-refractivity contribution in [3.8, 4) is 0 Å². The summed E-state index contributed by atoms with van der Waals surface area (Å²) in [5, 5.41) is 2.19. The van der Waals surface area contributed by atoms with Crippen LogP contribution in [0, 0.1) is 0 Å². The summed E-state index contributed by atoms with van der Waals surface area (Å²) in [7, 11) is 0. The van der Waals surface area contributed by atoms with Gasteiger partial charge in [-0.2, -0.15) is 13.2 Å². The predicted molar refractivity (Wildman–Crippen MR) is 67.0 cm³/mol. The van der Waals surface area contributed by atoms with E-state index in [1.54, 1.807) is 0 Å². The number of carbonyl (C=O) groups excluding carboxylic acids is 1. The van der Waals surface area contributed by atoms with Crippen LogP contribution in [0.4, 0.5) is 13.2 Å². The molecule has 1 N–H and O–H groups in total. The fraction of sp³-hybridized carbons (Fsp3) is 0.643. The highest BCUT2D eigenvalue weighted by molar-refractivity contribution is 5.96. The normalized spacial score (nSPS) is 22.0. The van der Waals surface area contributed by atoms with E-state index in [-0.39, 0.29) is 37.5 Å². The number of hydrogen-bond acceptors (Lipinski definition) is 3. The number of furan rings is 1. The molecule has 1 aliphatic carbocycles. The van der Waals surface area contributed by atoms with Gasteiger partial charge >= 0.3 is 6.18 Å². The van der Waals surface area contributed by atoms with E-state index in [1.165, 1.54) is 12.3 Å². The van der Waals surface area contributed by atoms with Crippen LogP contribution in [0.15, 0.2) is 16.7 Å². The summed E-state index contributed by atoms with van der Waals surface area (Å²) in [5.74, 6) is -0.0564. The Hall–Kier alpha value is -1.50. The first-order chi connectivity index (χ1) is 9.93. The Bertz CT molecular complexity index is 528. The van der Waals surface area contributed by atoms with Gasteiger partial charge in [0.1, 0.15) is 11.3 Å². The summed E-state index contributed by atoms with van der Waals surface area (Å²) in [6.07, 6.45) is -1.86. The van der Waals surface area contributed by atoms with Gasteiger partial charge in [0.15, 0.2) is 0 Å². The number of nitrogens with one attached hydrogen (secondary N) is 1. The predicted octanol–water partition coefficient (Wildman–Crippen LogP) is 3.00. The molecule has 0 unspecified atom stereocenters. The summed E-state index contributed by atoms with van der Waals surface area (Å²) in [5.41, 5.74) is -1.99. The SMILES string of the molecule is O=C(NC1(C(F)(F)F)CCOCC1)c1ccoc1C1CC1. The van der Waals surface area contributed by atoms with Crippen LogP contribution in [0.25, 0.3) is 0 Å². The minimum Gasteiger partial charge on any atom is -0.468 e. The highest BCUT2D eigenvalue weighted by Gasteiger charge is 2.56. The average Bonchev–Trinajstić information content (AvgIpc) is 3.15. The maximum absolute atomic E-state index is 13.4. The van der Waals surface area contributed by atoms with E-state index >= 15 is 0 Å². The summed E-state index contributed by atoms with van der Waals surface area (Å²) in [4.78, 5) is 12.3. The topological polar surface area (TPSA) is 51.5 Å². The lowest BCUT2D eigenvalue weighted by Gasteiger charge is -2.39. The van der Waals surface area contributed by atoms with E-state index in [0.29, 0.717) is 5.76 Å². The largest absolute Gasteiger partial charge is 0.468 e. The zero-order valence-corrected chi connectivity index (χ0v) is 11.3. The molecule has 1 saturated carbocycles. The summed E-state index contributed by atoms with van der Waals surface area (Å²) < 4.78 is 50.4. The van der Waals surface area contributed by atoms with Gasteiger partial charge in [0, 0.05) is 32.0 Å². The van der Waals surface area contributed by atoms with Crippen molar-refractivity contribution in [1.82, 2.24) is 5.32 Å². The molecule has 1 aromatic heterocycles. The van der Waals surface area contributed by atoms with Crippen molar-refractivity contribution in [1.29, 1.82) is 0 Å². The molecule has 1 aliphatic heterocycles. The Balaban J connectivity index is 1.82. The Labute approximate surface area is 119 Å². The molecule has 4 nitrogen and oxygen atoms in total. The first-order valence-electron chi connectivity index (χ1n) is 6.97. The second-order valence-corrected chi connectivity index (χ2v) is 5.62. The lowest BCUT2D eigenvalue weighted by molar-refractivity contribution is -0.212. The Morgan fingerprint density at radius 1 is 1.29 bits per heavy atom. The quantitative estimate of drug-likeness (QED) is 0.934. The fourth-order valence-corrected chi connectivity index (χ4v) is 2.65. The minimum absolute atomic E-state index is 0.0132. The van der Waals surface area contributed by atoms with Crippen LogP contribution in [-0.2, 0) is 4.74 Å². The molecule has 3 rings (SSSR count). The molecule has 0 atom stereocenters. The van der Waals surface area contributed by atoms with E-state index in [0.717, 1.165) is 12.8 Å². The van der Waals surface area contributed by atoms with Crippen molar-refractivity contribution in [2.75, 3.05) is 13.2 Å². The van der Waals surface area contributed by atoms with Crippen molar-refractivity contribution in [2.24, 2.45) is 0 Å². The molecule has 2 aliphatic rings. The van der Waals surface area contributed by atoms with Crippen molar-refractivity contribution >= 4 is 5.91 Å². The Morgan fingerprint density at radius 2 is 1.95 bits per heavy atom. The molecule has 0 aromatic carbocycles. The molecule has 7 heteroatoms. The lowest BCUT2D eigenvalue weighted by Crippen LogP contribution is -2.61. The molecule has 1 amide bonds. The van der Waals surface area contributed by atoms with Crippen LogP contribution in [0.2, 0.25) is 0 Å². The van der Waals surface area contributed by atoms with Crippen molar-refractivity contribution in [3.63, 3.8) is 0 Å². The maximum atomic E-state index is 13.4. The van der Waals surface area contributed by atoms with Crippen molar-refractivity contribution in [3.05, 3.63) is 23.7 Å². The van der Waals surface area contributed by atoms with E-state index < -0.39 is 17.6 Å². The zero-order chi connectivity index (χ0) is 15.1. The molecule has 116 valence electrons. The van der Waals surface area contributed by atoms with Crippen LogP contribution >= 0.6 is 0 Å². The molecule has 2 heterocycles. The molecule has 1 saturated heterocycles. The summed E-state index contributed by atoms with van der Waals surface area (Å²) >= 11 is 0. The number of hydrogen-bond donors (Lipinski definition) is 1.